The van der Waals surface area contributed by atoms with Crippen molar-refractivity contribution in [2.24, 2.45) is 5.92 Å². The van der Waals surface area contributed by atoms with Crippen LogP contribution < -0.4 is 5.32 Å². The fourth-order valence-electron chi connectivity index (χ4n) is 3.21. The van der Waals surface area contributed by atoms with Crippen molar-refractivity contribution in [2.45, 2.75) is 38.3 Å². The standard InChI is InChI=1S/C19H29N3O/c1-21(14-17-5-3-2-4-6-17)19(23)15-22-11-9-18(10-12-22)20-13-16-7-8-16/h2-6,16,18,20H,7-15H2,1H3. The summed E-state index contributed by atoms with van der Waals surface area (Å²) in [6, 6.07) is 10.8. The molecule has 126 valence electrons. The van der Waals surface area contributed by atoms with Gasteiger partial charge in [0, 0.05) is 32.7 Å². The zero-order valence-corrected chi connectivity index (χ0v) is 14.2. The van der Waals surface area contributed by atoms with Crippen LogP contribution in [0.15, 0.2) is 30.3 Å². The molecule has 1 heterocycles. The summed E-state index contributed by atoms with van der Waals surface area (Å²) >= 11 is 0. The minimum Gasteiger partial charge on any atom is -0.340 e. The summed E-state index contributed by atoms with van der Waals surface area (Å²) in [6.07, 6.45) is 5.16. The molecule has 4 heteroatoms. The number of likely N-dealkylation sites (N-methyl/N-ethyl adjacent to an activating group) is 1. The summed E-state index contributed by atoms with van der Waals surface area (Å²) in [7, 11) is 1.90. The number of hydrogen-bond acceptors (Lipinski definition) is 3. The molecule has 1 aromatic carbocycles. The first-order valence-electron chi connectivity index (χ1n) is 8.94. The molecule has 23 heavy (non-hydrogen) atoms. The molecule has 0 unspecified atom stereocenters. The molecule has 2 fully saturated rings. The Balaban J connectivity index is 1.36. The van der Waals surface area contributed by atoms with Crippen LogP contribution in [0.25, 0.3) is 0 Å². The average molecular weight is 315 g/mol. The summed E-state index contributed by atoms with van der Waals surface area (Å²) in [6.45, 7) is 4.52. The minimum absolute atomic E-state index is 0.221. The second-order valence-corrected chi connectivity index (χ2v) is 7.14. The van der Waals surface area contributed by atoms with Crippen LogP contribution in [-0.2, 0) is 11.3 Å². The van der Waals surface area contributed by atoms with Gasteiger partial charge < -0.3 is 10.2 Å². The van der Waals surface area contributed by atoms with Gasteiger partial charge in [-0.2, -0.15) is 0 Å². The molecule has 1 aliphatic heterocycles. The fourth-order valence-corrected chi connectivity index (χ4v) is 3.21. The van der Waals surface area contributed by atoms with Gasteiger partial charge in [0.2, 0.25) is 5.91 Å². The molecule has 0 bridgehead atoms. The van der Waals surface area contributed by atoms with E-state index < -0.39 is 0 Å². The number of likely N-dealkylation sites (tertiary alicyclic amines) is 1. The van der Waals surface area contributed by atoms with Gasteiger partial charge in [-0.15, -0.1) is 0 Å². The van der Waals surface area contributed by atoms with Gasteiger partial charge in [0.05, 0.1) is 6.54 Å². The zero-order valence-electron chi connectivity index (χ0n) is 14.2. The van der Waals surface area contributed by atoms with Gasteiger partial charge in [0.15, 0.2) is 0 Å². The highest BCUT2D eigenvalue weighted by molar-refractivity contribution is 5.78. The number of carbonyl (C=O) groups excluding carboxylic acids is 1. The number of carbonyl (C=O) groups is 1. The summed E-state index contributed by atoms with van der Waals surface area (Å²) in [5.74, 6) is 1.17. The Morgan fingerprint density at radius 2 is 1.87 bits per heavy atom. The summed E-state index contributed by atoms with van der Waals surface area (Å²) in [4.78, 5) is 16.5. The van der Waals surface area contributed by atoms with Gasteiger partial charge in [-0.3, -0.25) is 9.69 Å². The number of amides is 1. The van der Waals surface area contributed by atoms with Crippen LogP contribution in [0, 0.1) is 5.92 Å². The van der Waals surface area contributed by atoms with Crippen molar-refractivity contribution in [3.05, 3.63) is 35.9 Å². The highest BCUT2D eigenvalue weighted by atomic mass is 16.2. The van der Waals surface area contributed by atoms with Gasteiger partial charge in [-0.05, 0) is 43.7 Å². The molecule has 3 rings (SSSR count). The van der Waals surface area contributed by atoms with E-state index in [4.69, 9.17) is 0 Å². The van der Waals surface area contributed by atoms with Crippen LogP contribution in [0.5, 0.6) is 0 Å². The molecule has 0 aromatic heterocycles. The molecular weight excluding hydrogens is 286 g/mol. The van der Waals surface area contributed by atoms with E-state index in [1.807, 2.05) is 30.1 Å². The van der Waals surface area contributed by atoms with E-state index in [-0.39, 0.29) is 5.91 Å². The molecule has 0 radical (unpaired) electrons. The molecule has 1 N–H and O–H groups in total. The van der Waals surface area contributed by atoms with Gasteiger partial charge >= 0.3 is 0 Å². The highest BCUT2D eigenvalue weighted by Crippen LogP contribution is 2.28. The molecule has 1 amide bonds. The lowest BCUT2D eigenvalue weighted by atomic mass is 10.0. The molecule has 1 aliphatic carbocycles. The smallest absolute Gasteiger partial charge is 0.236 e. The quantitative estimate of drug-likeness (QED) is 0.837. The SMILES string of the molecule is CN(Cc1ccccc1)C(=O)CN1CCC(NCC2CC2)CC1. The van der Waals surface area contributed by atoms with Crippen LogP contribution in [0.4, 0.5) is 0 Å². The fraction of sp³-hybridized carbons (Fsp3) is 0.632. The Morgan fingerprint density at radius 3 is 2.52 bits per heavy atom. The Kier molecular flexibility index (Phi) is 5.68. The third-order valence-corrected chi connectivity index (χ3v) is 5.03. The van der Waals surface area contributed by atoms with E-state index in [0.29, 0.717) is 19.1 Å². The monoisotopic (exact) mass is 315 g/mol. The van der Waals surface area contributed by atoms with Crippen LogP contribution in [0.3, 0.4) is 0 Å². The molecule has 0 spiro atoms. The van der Waals surface area contributed by atoms with E-state index in [1.165, 1.54) is 37.8 Å². The van der Waals surface area contributed by atoms with Crippen molar-refractivity contribution in [1.29, 1.82) is 0 Å². The van der Waals surface area contributed by atoms with Crippen molar-refractivity contribution in [2.75, 3.05) is 33.2 Å². The summed E-state index contributed by atoms with van der Waals surface area (Å²) in [5, 5.41) is 3.69. The van der Waals surface area contributed by atoms with Gasteiger partial charge in [-0.1, -0.05) is 30.3 Å². The summed E-state index contributed by atoms with van der Waals surface area (Å²) < 4.78 is 0. The average Bonchev–Trinajstić information content (AvgIpc) is 3.39. The lowest BCUT2D eigenvalue weighted by Crippen LogP contribution is -2.46. The van der Waals surface area contributed by atoms with E-state index in [1.54, 1.807) is 0 Å². The van der Waals surface area contributed by atoms with Gasteiger partial charge in [0.25, 0.3) is 0 Å². The number of rotatable bonds is 7. The first-order chi connectivity index (χ1) is 11.2. The maximum atomic E-state index is 12.4. The van der Waals surface area contributed by atoms with Gasteiger partial charge in [0.1, 0.15) is 0 Å². The molecule has 2 aliphatic rings. The topological polar surface area (TPSA) is 35.6 Å². The molecular formula is C19H29N3O. The lowest BCUT2D eigenvalue weighted by molar-refractivity contribution is -0.131. The predicted octanol–water partition coefficient (Wildman–Crippen LogP) is 2.11. The molecule has 1 saturated carbocycles. The zero-order chi connectivity index (χ0) is 16.1. The minimum atomic E-state index is 0.221. The second-order valence-electron chi connectivity index (χ2n) is 7.14. The Labute approximate surface area is 139 Å². The molecule has 1 aromatic rings. The largest absolute Gasteiger partial charge is 0.340 e. The number of nitrogens with one attached hydrogen (secondary N) is 1. The van der Waals surface area contributed by atoms with E-state index in [9.17, 15) is 4.79 Å². The lowest BCUT2D eigenvalue weighted by Gasteiger charge is -2.33. The van der Waals surface area contributed by atoms with Crippen molar-refractivity contribution >= 4 is 5.91 Å². The van der Waals surface area contributed by atoms with Crippen molar-refractivity contribution in [1.82, 2.24) is 15.1 Å². The van der Waals surface area contributed by atoms with Crippen LogP contribution in [0.2, 0.25) is 0 Å². The van der Waals surface area contributed by atoms with E-state index in [0.717, 1.165) is 19.0 Å². The number of piperidine rings is 1. The van der Waals surface area contributed by atoms with E-state index >= 15 is 0 Å². The normalized spacial score (nSPS) is 19.7. The van der Waals surface area contributed by atoms with E-state index in [2.05, 4.69) is 22.3 Å². The Hall–Kier alpha value is -1.39. The summed E-state index contributed by atoms with van der Waals surface area (Å²) in [5.41, 5.74) is 1.19. The third-order valence-electron chi connectivity index (χ3n) is 5.03. The van der Waals surface area contributed by atoms with Gasteiger partial charge in [-0.25, -0.2) is 0 Å². The maximum Gasteiger partial charge on any atom is 0.236 e. The Morgan fingerprint density at radius 1 is 1.17 bits per heavy atom. The van der Waals surface area contributed by atoms with Crippen molar-refractivity contribution in [3.63, 3.8) is 0 Å². The van der Waals surface area contributed by atoms with Crippen LogP contribution in [0.1, 0.15) is 31.2 Å². The highest BCUT2D eigenvalue weighted by Gasteiger charge is 2.25. The second kappa shape index (κ2) is 7.93. The first kappa shape index (κ1) is 16.5. The van der Waals surface area contributed by atoms with Crippen LogP contribution >= 0.6 is 0 Å². The Bertz CT molecular complexity index is 493. The van der Waals surface area contributed by atoms with Crippen molar-refractivity contribution in [3.8, 4) is 0 Å². The predicted molar refractivity (Wildman–Crippen MR) is 93.1 cm³/mol. The molecule has 0 atom stereocenters. The molecule has 4 nitrogen and oxygen atoms in total. The first-order valence-corrected chi connectivity index (χ1v) is 8.94. The molecule has 1 saturated heterocycles. The van der Waals surface area contributed by atoms with Crippen molar-refractivity contribution < 1.29 is 4.79 Å². The van der Waals surface area contributed by atoms with Crippen LogP contribution in [-0.4, -0.2) is 55.0 Å². The third kappa shape index (κ3) is 5.33. The number of benzene rings is 1. The number of nitrogens with zero attached hydrogens (tertiary/aromatic N) is 2. The number of hydrogen-bond donors (Lipinski definition) is 1. The maximum absolute atomic E-state index is 12.4.